The van der Waals surface area contributed by atoms with E-state index in [1.165, 1.54) is 11.1 Å². The summed E-state index contributed by atoms with van der Waals surface area (Å²) >= 11 is 0. The van der Waals surface area contributed by atoms with Crippen LogP contribution in [-0.2, 0) is 16.8 Å². The van der Waals surface area contributed by atoms with Crippen molar-refractivity contribution in [2.45, 2.75) is 38.7 Å². The first-order valence-electron chi connectivity index (χ1n) is 5.95. The molecule has 90 valence electrons. The molecule has 0 heterocycles. The highest BCUT2D eigenvalue weighted by Gasteiger charge is 2.21. The van der Waals surface area contributed by atoms with E-state index in [9.17, 15) is 0 Å². The lowest BCUT2D eigenvalue weighted by molar-refractivity contribution is 0.0184. The third-order valence-corrected chi connectivity index (χ3v) is 3.08. The molecule has 2 N–H and O–H groups in total. The highest BCUT2D eigenvalue weighted by molar-refractivity contribution is 5.31. The van der Waals surface area contributed by atoms with Gasteiger partial charge in [-0.1, -0.05) is 24.3 Å². The number of hydrogen-bond acceptors (Lipinski definition) is 2. The van der Waals surface area contributed by atoms with Gasteiger partial charge in [0, 0.05) is 7.11 Å². The van der Waals surface area contributed by atoms with E-state index in [0.717, 1.165) is 25.8 Å². The minimum atomic E-state index is -0.209. The average molecular weight is 221 g/mol. The van der Waals surface area contributed by atoms with Crippen LogP contribution in [0.2, 0.25) is 0 Å². The van der Waals surface area contributed by atoms with Crippen LogP contribution in [0.4, 0.5) is 0 Å². The predicted octanol–water partition coefficient (Wildman–Crippen LogP) is 2.85. The summed E-state index contributed by atoms with van der Waals surface area (Å²) in [6.45, 7) is 4.99. The molecule has 2 nitrogen and oxygen atoms in total. The van der Waals surface area contributed by atoms with E-state index in [1.54, 1.807) is 7.11 Å². The molecule has 0 atom stereocenters. The zero-order valence-corrected chi connectivity index (χ0v) is 10.6. The van der Waals surface area contributed by atoms with E-state index >= 15 is 0 Å². The Labute approximate surface area is 98.8 Å². The van der Waals surface area contributed by atoms with E-state index in [-0.39, 0.29) is 5.60 Å². The zero-order valence-electron chi connectivity index (χ0n) is 10.6. The second-order valence-corrected chi connectivity index (χ2v) is 4.62. The van der Waals surface area contributed by atoms with Gasteiger partial charge < -0.3 is 10.5 Å². The molecular weight excluding hydrogens is 198 g/mol. The Kier molecular flexibility index (Phi) is 4.97. The Morgan fingerprint density at radius 3 is 2.50 bits per heavy atom. The number of nitrogens with two attached hydrogens (primary N) is 1. The Balaban J connectivity index is 2.83. The molecule has 0 bridgehead atoms. The Bertz CT molecular complexity index is 320. The lowest BCUT2D eigenvalue weighted by Crippen LogP contribution is -2.21. The van der Waals surface area contributed by atoms with Gasteiger partial charge in [-0.2, -0.15) is 0 Å². The molecule has 0 aliphatic heterocycles. The van der Waals surface area contributed by atoms with E-state index in [0.29, 0.717) is 0 Å². The standard InChI is InChI=1S/C14H23NO/c1-14(2,16-3)13-10-5-4-8-12(13)9-6-7-11-15/h4-5,8,10H,6-7,9,11,15H2,1-3H3. The van der Waals surface area contributed by atoms with E-state index in [2.05, 4.69) is 38.1 Å². The van der Waals surface area contributed by atoms with Crippen LogP contribution in [0, 0.1) is 0 Å². The van der Waals surface area contributed by atoms with Gasteiger partial charge in [0.1, 0.15) is 0 Å². The van der Waals surface area contributed by atoms with Crippen LogP contribution in [0.25, 0.3) is 0 Å². The number of methoxy groups -OCH3 is 1. The zero-order chi connectivity index (χ0) is 12.0. The molecule has 16 heavy (non-hydrogen) atoms. The molecule has 0 fully saturated rings. The summed E-state index contributed by atoms with van der Waals surface area (Å²) in [6.07, 6.45) is 3.31. The summed E-state index contributed by atoms with van der Waals surface area (Å²) in [5.74, 6) is 0. The van der Waals surface area contributed by atoms with Crippen molar-refractivity contribution in [1.82, 2.24) is 0 Å². The van der Waals surface area contributed by atoms with Gasteiger partial charge in [0.25, 0.3) is 0 Å². The first kappa shape index (κ1) is 13.2. The van der Waals surface area contributed by atoms with E-state index in [1.807, 2.05) is 0 Å². The number of hydrogen-bond donors (Lipinski definition) is 1. The minimum Gasteiger partial charge on any atom is -0.374 e. The van der Waals surface area contributed by atoms with Crippen LogP contribution in [0.5, 0.6) is 0 Å². The fourth-order valence-electron chi connectivity index (χ4n) is 1.90. The van der Waals surface area contributed by atoms with Gasteiger partial charge in [-0.15, -0.1) is 0 Å². The maximum atomic E-state index is 5.55. The SMILES string of the molecule is COC(C)(C)c1ccccc1CCCCN. The van der Waals surface area contributed by atoms with Crippen molar-refractivity contribution >= 4 is 0 Å². The fourth-order valence-corrected chi connectivity index (χ4v) is 1.90. The minimum absolute atomic E-state index is 0.209. The molecule has 0 aliphatic carbocycles. The van der Waals surface area contributed by atoms with Gasteiger partial charge in [-0.05, 0) is 50.8 Å². The molecule has 2 heteroatoms. The Hall–Kier alpha value is -0.860. The summed E-state index contributed by atoms with van der Waals surface area (Å²) in [6, 6.07) is 8.50. The summed E-state index contributed by atoms with van der Waals surface area (Å²) in [7, 11) is 1.76. The molecule has 0 saturated heterocycles. The fraction of sp³-hybridized carbons (Fsp3) is 0.571. The third kappa shape index (κ3) is 3.32. The van der Waals surface area contributed by atoms with Crippen LogP contribution < -0.4 is 5.73 Å². The van der Waals surface area contributed by atoms with Gasteiger partial charge in [0.15, 0.2) is 0 Å². The van der Waals surface area contributed by atoms with Crippen molar-refractivity contribution in [2.24, 2.45) is 5.73 Å². The number of rotatable bonds is 6. The molecule has 0 amide bonds. The van der Waals surface area contributed by atoms with E-state index in [4.69, 9.17) is 10.5 Å². The summed E-state index contributed by atoms with van der Waals surface area (Å²) in [4.78, 5) is 0. The Morgan fingerprint density at radius 2 is 1.88 bits per heavy atom. The molecule has 0 saturated carbocycles. The molecule has 1 aromatic carbocycles. The van der Waals surface area contributed by atoms with Crippen LogP contribution in [0.3, 0.4) is 0 Å². The molecular formula is C14H23NO. The number of benzene rings is 1. The molecule has 0 aliphatic rings. The van der Waals surface area contributed by atoms with Crippen molar-refractivity contribution in [3.8, 4) is 0 Å². The maximum Gasteiger partial charge on any atom is 0.0874 e. The maximum absolute atomic E-state index is 5.55. The van der Waals surface area contributed by atoms with Crippen molar-refractivity contribution in [3.05, 3.63) is 35.4 Å². The smallest absolute Gasteiger partial charge is 0.0874 e. The van der Waals surface area contributed by atoms with Crippen LogP contribution in [0.15, 0.2) is 24.3 Å². The van der Waals surface area contributed by atoms with Gasteiger partial charge in [-0.3, -0.25) is 0 Å². The van der Waals surface area contributed by atoms with Crippen LogP contribution in [-0.4, -0.2) is 13.7 Å². The molecule has 1 rings (SSSR count). The summed E-state index contributed by atoms with van der Waals surface area (Å²) in [5.41, 5.74) is 7.97. The molecule has 0 spiro atoms. The first-order chi connectivity index (χ1) is 7.61. The monoisotopic (exact) mass is 221 g/mol. The normalized spacial score (nSPS) is 11.8. The van der Waals surface area contributed by atoms with E-state index < -0.39 is 0 Å². The highest BCUT2D eigenvalue weighted by Crippen LogP contribution is 2.27. The molecule has 0 radical (unpaired) electrons. The molecule has 1 aromatic rings. The van der Waals surface area contributed by atoms with Gasteiger partial charge in [-0.25, -0.2) is 0 Å². The third-order valence-electron chi connectivity index (χ3n) is 3.08. The van der Waals surface area contributed by atoms with Crippen molar-refractivity contribution in [3.63, 3.8) is 0 Å². The summed E-state index contributed by atoms with van der Waals surface area (Å²) in [5, 5.41) is 0. The second-order valence-electron chi connectivity index (χ2n) is 4.62. The first-order valence-corrected chi connectivity index (χ1v) is 5.95. The van der Waals surface area contributed by atoms with Crippen molar-refractivity contribution < 1.29 is 4.74 Å². The van der Waals surface area contributed by atoms with Crippen molar-refractivity contribution in [1.29, 1.82) is 0 Å². The lowest BCUT2D eigenvalue weighted by Gasteiger charge is -2.26. The largest absolute Gasteiger partial charge is 0.374 e. The summed E-state index contributed by atoms with van der Waals surface area (Å²) < 4.78 is 5.55. The topological polar surface area (TPSA) is 35.2 Å². The van der Waals surface area contributed by atoms with Crippen LogP contribution >= 0.6 is 0 Å². The van der Waals surface area contributed by atoms with Gasteiger partial charge >= 0.3 is 0 Å². The Morgan fingerprint density at radius 1 is 1.19 bits per heavy atom. The quantitative estimate of drug-likeness (QED) is 0.750. The number of ether oxygens (including phenoxy) is 1. The number of aryl methyl sites for hydroxylation is 1. The van der Waals surface area contributed by atoms with Crippen molar-refractivity contribution in [2.75, 3.05) is 13.7 Å². The highest BCUT2D eigenvalue weighted by atomic mass is 16.5. The van der Waals surface area contributed by atoms with Crippen LogP contribution in [0.1, 0.15) is 37.8 Å². The average Bonchev–Trinajstić information content (AvgIpc) is 2.30. The predicted molar refractivity (Wildman–Crippen MR) is 68.5 cm³/mol. The molecule has 0 aromatic heterocycles. The van der Waals surface area contributed by atoms with Gasteiger partial charge in [0.05, 0.1) is 5.60 Å². The second kappa shape index (κ2) is 6.02. The van der Waals surface area contributed by atoms with Gasteiger partial charge in [0.2, 0.25) is 0 Å². The number of unbranched alkanes of at least 4 members (excludes halogenated alkanes) is 1. The lowest BCUT2D eigenvalue weighted by atomic mass is 9.90. The molecule has 0 unspecified atom stereocenters.